The van der Waals surface area contributed by atoms with Crippen molar-refractivity contribution >= 4 is 34.9 Å². The number of anilines is 4. The lowest BCUT2D eigenvalue weighted by molar-refractivity contribution is 0.0358. The zero-order valence-corrected chi connectivity index (χ0v) is 23.5. The van der Waals surface area contributed by atoms with Crippen LogP contribution in [0.1, 0.15) is 27.1 Å². The lowest BCUT2D eigenvalue weighted by Crippen LogP contribution is -2.37. The molecule has 220 valence electrons. The number of rotatable bonds is 14. The SMILES string of the molecule is COC.COc1cc(C=O)cc(N)c1NC/C=C/CNc1c(N)cc(C(N)=O)cc1OCCCN1CCOCC1. The monoisotopic (exact) mass is 558 g/mol. The number of nitrogens with two attached hydrogens (primary N) is 3. The molecule has 40 heavy (non-hydrogen) atoms. The van der Waals surface area contributed by atoms with E-state index >= 15 is 0 Å². The third-order valence-electron chi connectivity index (χ3n) is 5.87. The number of hydrogen-bond donors (Lipinski definition) is 5. The Labute approximate surface area is 235 Å². The van der Waals surface area contributed by atoms with Crippen molar-refractivity contribution in [1.29, 1.82) is 0 Å². The summed E-state index contributed by atoms with van der Waals surface area (Å²) in [6.07, 6.45) is 5.37. The fourth-order valence-corrected chi connectivity index (χ4v) is 3.94. The number of nitrogens with one attached hydrogen (secondary N) is 2. The van der Waals surface area contributed by atoms with Crippen molar-refractivity contribution in [3.63, 3.8) is 0 Å². The fourth-order valence-electron chi connectivity index (χ4n) is 3.94. The molecule has 1 amide bonds. The highest BCUT2D eigenvalue weighted by Gasteiger charge is 2.14. The predicted octanol–water partition coefficient (Wildman–Crippen LogP) is 2.21. The van der Waals surface area contributed by atoms with Crippen LogP contribution >= 0.6 is 0 Å². The number of carbonyl (C=O) groups is 2. The number of amides is 1. The Kier molecular flexibility index (Phi) is 14.1. The molecular weight excluding hydrogens is 516 g/mol. The van der Waals surface area contributed by atoms with E-state index < -0.39 is 5.91 Å². The van der Waals surface area contributed by atoms with Gasteiger partial charge >= 0.3 is 0 Å². The van der Waals surface area contributed by atoms with Crippen LogP contribution in [0.15, 0.2) is 36.4 Å². The third kappa shape index (κ3) is 10.3. The van der Waals surface area contributed by atoms with Gasteiger partial charge < -0.3 is 46.8 Å². The Morgan fingerprint density at radius 3 is 2.15 bits per heavy atom. The number of methoxy groups -OCH3 is 2. The van der Waals surface area contributed by atoms with E-state index in [1.165, 1.54) is 13.2 Å². The number of hydrogen-bond acceptors (Lipinski definition) is 11. The smallest absolute Gasteiger partial charge is 0.248 e. The molecule has 2 aromatic carbocycles. The first kappa shape index (κ1) is 32.2. The number of benzene rings is 2. The molecule has 0 aromatic heterocycles. The zero-order chi connectivity index (χ0) is 29.3. The highest BCUT2D eigenvalue weighted by Crippen LogP contribution is 2.33. The van der Waals surface area contributed by atoms with E-state index in [1.54, 1.807) is 32.4 Å². The van der Waals surface area contributed by atoms with E-state index in [2.05, 4.69) is 20.3 Å². The molecule has 0 spiro atoms. The number of ether oxygens (including phenoxy) is 4. The molecule has 0 aliphatic carbocycles. The molecule has 0 bridgehead atoms. The summed E-state index contributed by atoms with van der Waals surface area (Å²) < 4.78 is 20.9. The second kappa shape index (κ2) is 17.6. The highest BCUT2D eigenvalue weighted by atomic mass is 16.5. The molecule has 12 nitrogen and oxygen atoms in total. The van der Waals surface area contributed by atoms with Crippen LogP contribution in [0.5, 0.6) is 11.5 Å². The second-order valence-corrected chi connectivity index (χ2v) is 8.91. The summed E-state index contributed by atoms with van der Waals surface area (Å²) in [5.41, 5.74) is 20.5. The Bertz CT molecular complexity index is 1120. The van der Waals surface area contributed by atoms with Gasteiger partial charge in [-0.3, -0.25) is 14.5 Å². The first-order chi connectivity index (χ1) is 19.3. The van der Waals surface area contributed by atoms with E-state index in [4.69, 9.17) is 31.4 Å². The average molecular weight is 559 g/mol. The topological polar surface area (TPSA) is 176 Å². The van der Waals surface area contributed by atoms with Gasteiger partial charge in [0.1, 0.15) is 29.2 Å². The van der Waals surface area contributed by atoms with Crippen LogP contribution in [0.2, 0.25) is 0 Å². The number of nitrogens with zero attached hydrogens (tertiary/aromatic N) is 1. The zero-order valence-electron chi connectivity index (χ0n) is 23.5. The van der Waals surface area contributed by atoms with Crippen molar-refractivity contribution in [2.45, 2.75) is 6.42 Å². The van der Waals surface area contributed by atoms with E-state index in [-0.39, 0.29) is 5.56 Å². The van der Waals surface area contributed by atoms with E-state index in [0.29, 0.717) is 59.5 Å². The molecule has 0 radical (unpaired) electrons. The number of aldehydes is 1. The van der Waals surface area contributed by atoms with E-state index in [0.717, 1.165) is 45.6 Å². The van der Waals surface area contributed by atoms with Gasteiger partial charge in [0.2, 0.25) is 5.91 Å². The van der Waals surface area contributed by atoms with Gasteiger partial charge in [-0.15, -0.1) is 0 Å². The maximum atomic E-state index is 11.7. The van der Waals surface area contributed by atoms with Crippen molar-refractivity contribution in [2.24, 2.45) is 5.73 Å². The van der Waals surface area contributed by atoms with Crippen molar-refractivity contribution in [2.75, 3.05) is 96.0 Å². The summed E-state index contributed by atoms with van der Waals surface area (Å²) in [6.45, 7) is 5.65. The molecule has 1 aliphatic rings. The first-order valence-electron chi connectivity index (χ1n) is 13.0. The molecule has 3 rings (SSSR count). The first-order valence-corrected chi connectivity index (χ1v) is 13.0. The molecule has 0 unspecified atom stereocenters. The van der Waals surface area contributed by atoms with Crippen LogP contribution in [-0.4, -0.2) is 91.0 Å². The van der Waals surface area contributed by atoms with Crippen LogP contribution < -0.4 is 37.3 Å². The van der Waals surface area contributed by atoms with Gasteiger partial charge in [-0.05, 0) is 30.7 Å². The number of primary amides is 1. The molecule has 1 aliphatic heterocycles. The highest BCUT2D eigenvalue weighted by molar-refractivity contribution is 5.96. The third-order valence-corrected chi connectivity index (χ3v) is 5.87. The Morgan fingerprint density at radius 1 is 0.975 bits per heavy atom. The van der Waals surface area contributed by atoms with Crippen LogP contribution in [0.3, 0.4) is 0 Å². The van der Waals surface area contributed by atoms with Gasteiger partial charge in [0.15, 0.2) is 0 Å². The minimum absolute atomic E-state index is 0.290. The average Bonchev–Trinajstić information content (AvgIpc) is 2.95. The molecule has 2 aromatic rings. The summed E-state index contributed by atoms with van der Waals surface area (Å²) in [4.78, 5) is 25.1. The Morgan fingerprint density at radius 2 is 1.57 bits per heavy atom. The molecule has 0 atom stereocenters. The molecule has 1 saturated heterocycles. The van der Waals surface area contributed by atoms with Crippen molar-refractivity contribution in [1.82, 2.24) is 4.90 Å². The summed E-state index contributed by atoms with van der Waals surface area (Å²) in [5, 5.41) is 6.45. The van der Waals surface area contributed by atoms with Crippen molar-refractivity contribution in [3.05, 3.63) is 47.5 Å². The maximum absolute atomic E-state index is 11.7. The quantitative estimate of drug-likeness (QED) is 0.0994. The Balaban J connectivity index is 0.00000178. The summed E-state index contributed by atoms with van der Waals surface area (Å²) in [5.74, 6) is 0.402. The standard InChI is InChI=1S/C26H36N6O5.C2H6O/c1-35-22-14-18(17-33)13-20(27)24(22)30-5-2-3-6-31-25-21(28)15-19(26(29)34)16-23(25)37-10-4-7-32-8-11-36-12-9-32;1-3-2/h2-3,13-17,30-31H,4-12,27-28H2,1H3,(H2,29,34);1-2H3/b3-2+;. The molecule has 0 saturated carbocycles. The Hall–Kier alpha value is -4.00. The number of nitrogen functional groups attached to an aromatic ring is 2. The number of morpholine rings is 1. The van der Waals surface area contributed by atoms with Gasteiger partial charge in [-0.1, -0.05) is 12.2 Å². The van der Waals surface area contributed by atoms with Gasteiger partial charge in [-0.2, -0.15) is 0 Å². The fraction of sp³-hybridized carbons (Fsp3) is 0.429. The lowest BCUT2D eigenvalue weighted by Gasteiger charge is -2.26. The van der Waals surface area contributed by atoms with E-state index in [1.807, 2.05) is 12.2 Å². The molecule has 8 N–H and O–H groups in total. The largest absolute Gasteiger partial charge is 0.494 e. The van der Waals surface area contributed by atoms with E-state index in [9.17, 15) is 9.59 Å². The van der Waals surface area contributed by atoms with Crippen LogP contribution in [0.4, 0.5) is 22.7 Å². The van der Waals surface area contributed by atoms with Crippen molar-refractivity contribution in [3.8, 4) is 11.5 Å². The predicted molar refractivity (Wildman–Crippen MR) is 159 cm³/mol. The summed E-state index contributed by atoms with van der Waals surface area (Å²) in [6, 6.07) is 6.36. The summed E-state index contributed by atoms with van der Waals surface area (Å²) >= 11 is 0. The van der Waals surface area contributed by atoms with Gasteiger partial charge in [0, 0.05) is 58.1 Å². The van der Waals surface area contributed by atoms with Gasteiger partial charge in [-0.25, -0.2) is 0 Å². The minimum Gasteiger partial charge on any atom is -0.494 e. The number of carbonyl (C=O) groups excluding carboxylic acids is 2. The summed E-state index contributed by atoms with van der Waals surface area (Å²) in [7, 11) is 4.77. The van der Waals surface area contributed by atoms with Gasteiger partial charge in [0.05, 0.1) is 38.3 Å². The molecule has 1 fully saturated rings. The molecule has 1 heterocycles. The second-order valence-electron chi connectivity index (χ2n) is 8.91. The normalized spacial score (nSPS) is 13.3. The lowest BCUT2D eigenvalue weighted by atomic mass is 10.1. The molecule has 12 heteroatoms. The van der Waals surface area contributed by atoms with Crippen molar-refractivity contribution < 1.29 is 28.5 Å². The van der Waals surface area contributed by atoms with Crippen LogP contribution in [-0.2, 0) is 9.47 Å². The van der Waals surface area contributed by atoms with Crippen LogP contribution in [0, 0.1) is 0 Å². The molecular formula is C28H42N6O6. The van der Waals surface area contributed by atoms with Crippen LogP contribution in [0.25, 0.3) is 0 Å². The van der Waals surface area contributed by atoms with Gasteiger partial charge in [0.25, 0.3) is 0 Å². The maximum Gasteiger partial charge on any atom is 0.248 e. The minimum atomic E-state index is -0.571.